The number of amides is 1. The number of hydrogen-bond donors (Lipinski definition) is 1. The number of carbonyl (C=O) groups is 2. The standard InChI is InChI=1S/C8H13NO3/c9-7(10)3-4-8(11)12-5-6-1-2-6/h6H,1-5H2,(H2,9,10). The Balaban J connectivity index is 1.98. The largest absolute Gasteiger partial charge is 0.465 e. The van der Waals surface area contributed by atoms with E-state index in [1.165, 1.54) is 0 Å². The lowest BCUT2D eigenvalue weighted by atomic mass is 10.3. The first-order valence-corrected chi connectivity index (χ1v) is 4.12. The van der Waals surface area contributed by atoms with Gasteiger partial charge in [0.2, 0.25) is 5.91 Å². The average molecular weight is 171 g/mol. The van der Waals surface area contributed by atoms with Crippen molar-refractivity contribution < 1.29 is 14.3 Å². The molecule has 0 heterocycles. The van der Waals surface area contributed by atoms with E-state index < -0.39 is 5.91 Å². The van der Waals surface area contributed by atoms with Crippen molar-refractivity contribution in [1.29, 1.82) is 0 Å². The van der Waals surface area contributed by atoms with Gasteiger partial charge in [-0.15, -0.1) is 0 Å². The fourth-order valence-corrected chi connectivity index (χ4v) is 0.793. The Morgan fingerprint density at radius 2 is 2.00 bits per heavy atom. The third-order valence-corrected chi connectivity index (χ3v) is 1.75. The summed E-state index contributed by atoms with van der Waals surface area (Å²) in [5, 5.41) is 0. The van der Waals surface area contributed by atoms with Gasteiger partial charge >= 0.3 is 5.97 Å². The molecule has 0 radical (unpaired) electrons. The molecule has 4 nitrogen and oxygen atoms in total. The van der Waals surface area contributed by atoms with E-state index in [0.717, 1.165) is 12.8 Å². The second-order valence-corrected chi connectivity index (χ2v) is 3.09. The highest BCUT2D eigenvalue weighted by Gasteiger charge is 2.22. The van der Waals surface area contributed by atoms with E-state index in [-0.39, 0.29) is 18.8 Å². The lowest BCUT2D eigenvalue weighted by molar-refractivity contribution is -0.145. The smallest absolute Gasteiger partial charge is 0.306 e. The van der Waals surface area contributed by atoms with Gasteiger partial charge in [-0.1, -0.05) is 0 Å². The highest BCUT2D eigenvalue weighted by molar-refractivity contribution is 5.79. The number of nitrogens with two attached hydrogens (primary N) is 1. The fourth-order valence-electron chi connectivity index (χ4n) is 0.793. The molecule has 0 aromatic rings. The lowest BCUT2D eigenvalue weighted by Crippen LogP contribution is -2.14. The lowest BCUT2D eigenvalue weighted by Gasteiger charge is -2.01. The van der Waals surface area contributed by atoms with Gasteiger partial charge in [0.15, 0.2) is 0 Å². The van der Waals surface area contributed by atoms with Crippen molar-refractivity contribution in [3.8, 4) is 0 Å². The van der Waals surface area contributed by atoms with Gasteiger partial charge in [0.25, 0.3) is 0 Å². The maximum Gasteiger partial charge on any atom is 0.306 e. The first-order valence-electron chi connectivity index (χ1n) is 4.12. The van der Waals surface area contributed by atoms with Crippen LogP contribution in [0.1, 0.15) is 25.7 Å². The van der Waals surface area contributed by atoms with Crippen LogP contribution in [0.2, 0.25) is 0 Å². The SMILES string of the molecule is NC(=O)CCC(=O)OCC1CC1. The number of primary amides is 1. The maximum absolute atomic E-state index is 10.8. The number of rotatable bonds is 5. The summed E-state index contributed by atoms with van der Waals surface area (Å²) < 4.78 is 4.87. The number of ether oxygens (including phenoxy) is 1. The van der Waals surface area contributed by atoms with Crippen molar-refractivity contribution in [3.63, 3.8) is 0 Å². The second kappa shape index (κ2) is 4.09. The van der Waals surface area contributed by atoms with Gasteiger partial charge in [-0.05, 0) is 18.8 Å². The summed E-state index contributed by atoms with van der Waals surface area (Å²) in [7, 11) is 0. The monoisotopic (exact) mass is 171 g/mol. The van der Waals surface area contributed by atoms with Gasteiger partial charge < -0.3 is 10.5 Å². The van der Waals surface area contributed by atoms with Crippen LogP contribution in [0.15, 0.2) is 0 Å². The van der Waals surface area contributed by atoms with Crippen LogP contribution in [-0.4, -0.2) is 18.5 Å². The fraction of sp³-hybridized carbons (Fsp3) is 0.750. The van der Waals surface area contributed by atoms with Crippen LogP contribution in [-0.2, 0) is 14.3 Å². The minimum absolute atomic E-state index is 0.0868. The Morgan fingerprint density at radius 3 is 2.50 bits per heavy atom. The summed E-state index contributed by atoms with van der Waals surface area (Å²) in [5.74, 6) is -0.207. The van der Waals surface area contributed by atoms with E-state index in [2.05, 4.69) is 0 Å². The topological polar surface area (TPSA) is 69.4 Å². The van der Waals surface area contributed by atoms with Crippen LogP contribution in [0.5, 0.6) is 0 Å². The molecule has 0 unspecified atom stereocenters. The maximum atomic E-state index is 10.8. The molecule has 1 rings (SSSR count). The van der Waals surface area contributed by atoms with Gasteiger partial charge in [0.1, 0.15) is 0 Å². The first kappa shape index (κ1) is 9.03. The minimum atomic E-state index is -0.460. The van der Waals surface area contributed by atoms with Crippen LogP contribution in [0.4, 0.5) is 0 Å². The minimum Gasteiger partial charge on any atom is -0.465 e. The Labute approximate surface area is 71.1 Å². The quantitative estimate of drug-likeness (QED) is 0.601. The van der Waals surface area contributed by atoms with E-state index in [1.54, 1.807) is 0 Å². The molecular weight excluding hydrogens is 158 g/mol. The summed E-state index contributed by atoms with van der Waals surface area (Å²) >= 11 is 0. The van der Waals surface area contributed by atoms with E-state index >= 15 is 0 Å². The molecule has 0 saturated heterocycles. The van der Waals surface area contributed by atoms with Crippen molar-refractivity contribution in [2.45, 2.75) is 25.7 Å². The first-order chi connectivity index (χ1) is 5.68. The van der Waals surface area contributed by atoms with E-state index in [0.29, 0.717) is 12.5 Å². The predicted molar refractivity (Wildman–Crippen MR) is 42.1 cm³/mol. The van der Waals surface area contributed by atoms with Crippen LogP contribution in [0.25, 0.3) is 0 Å². The summed E-state index contributed by atoms with van der Waals surface area (Å²) in [6, 6.07) is 0. The van der Waals surface area contributed by atoms with Crippen molar-refractivity contribution >= 4 is 11.9 Å². The predicted octanol–water partition coefficient (Wildman–Crippen LogP) is 0.205. The van der Waals surface area contributed by atoms with E-state index in [9.17, 15) is 9.59 Å². The zero-order valence-corrected chi connectivity index (χ0v) is 6.91. The van der Waals surface area contributed by atoms with Crippen molar-refractivity contribution in [1.82, 2.24) is 0 Å². The average Bonchev–Trinajstić information content (AvgIpc) is 2.80. The molecule has 12 heavy (non-hydrogen) atoms. The van der Waals surface area contributed by atoms with Crippen molar-refractivity contribution in [3.05, 3.63) is 0 Å². The molecule has 0 aromatic heterocycles. The molecule has 1 amide bonds. The third kappa shape index (κ3) is 3.95. The number of esters is 1. The van der Waals surface area contributed by atoms with Crippen LogP contribution < -0.4 is 5.73 Å². The highest BCUT2D eigenvalue weighted by Crippen LogP contribution is 2.28. The molecule has 1 aliphatic carbocycles. The van der Waals surface area contributed by atoms with Gasteiger partial charge in [-0.25, -0.2) is 0 Å². The Morgan fingerprint density at radius 1 is 1.33 bits per heavy atom. The molecule has 1 fully saturated rings. The molecule has 4 heteroatoms. The summed E-state index contributed by atoms with van der Waals surface area (Å²) in [4.78, 5) is 21.1. The molecule has 1 saturated carbocycles. The van der Waals surface area contributed by atoms with Crippen LogP contribution >= 0.6 is 0 Å². The molecule has 68 valence electrons. The molecule has 0 aromatic carbocycles. The van der Waals surface area contributed by atoms with Gasteiger partial charge in [0.05, 0.1) is 13.0 Å². The van der Waals surface area contributed by atoms with Crippen molar-refractivity contribution in [2.75, 3.05) is 6.61 Å². The molecule has 0 bridgehead atoms. The van der Waals surface area contributed by atoms with Gasteiger partial charge in [-0.3, -0.25) is 9.59 Å². The number of hydrogen-bond acceptors (Lipinski definition) is 3. The molecule has 0 aliphatic heterocycles. The van der Waals surface area contributed by atoms with Crippen LogP contribution in [0.3, 0.4) is 0 Å². The highest BCUT2D eigenvalue weighted by atomic mass is 16.5. The molecule has 2 N–H and O–H groups in total. The zero-order valence-electron chi connectivity index (χ0n) is 6.91. The number of carbonyl (C=O) groups excluding carboxylic acids is 2. The van der Waals surface area contributed by atoms with Gasteiger partial charge in [-0.2, -0.15) is 0 Å². The second-order valence-electron chi connectivity index (χ2n) is 3.09. The molecule has 1 aliphatic rings. The normalized spacial score (nSPS) is 15.7. The Kier molecular flexibility index (Phi) is 3.08. The van der Waals surface area contributed by atoms with Crippen molar-refractivity contribution in [2.24, 2.45) is 11.7 Å². The van der Waals surface area contributed by atoms with E-state index in [1.807, 2.05) is 0 Å². The third-order valence-electron chi connectivity index (χ3n) is 1.75. The molecular formula is C8H13NO3. The summed E-state index contributed by atoms with van der Waals surface area (Å²) in [6.45, 7) is 0.512. The zero-order chi connectivity index (χ0) is 8.97. The van der Waals surface area contributed by atoms with Crippen LogP contribution in [0, 0.1) is 5.92 Å². The Bertz CT molecular complexity index is 187. The molecule has 0 spiro atoms. The Hall–Kier alpha value is -1.06. The van der Waals surface area contributed by atoms with E-state index in [4.69, 9.17) is 10.5 Å². The van der Waals surface area contributed by atoms with Gasteiger partial charge in [0, 0.05) is 6.42 Å². The summed E-state index contributed by atoms with van der Waals surface area (Å²) in [6.07, 6.45) is 2.51. The summed E-state index contributed by atoms with van der Waals surface area (Å²) in [5.41, 5.74) is 4.86. The molecule has 0 atom stereocenters.